The number of rotatable bonds is 10. The van der Waals surface area contributed by atoms with Gasteiger partial charge in [-0.05, 0) is 41.3 Å². The number of benzene rings is 3. The maximum Gasteiger partial charge on any atom is 0.174 e. The Labute approximate surface area is 219 Å². The number of ether oxygens (including phenoxy) is 2. The van der Waals surface area contributed by atoms with Crippen LogP contribution in [-0.2, 0) is 26.3 Å². The van der Waals surface area contributed by atoms with Crippen molar-refractivity contribution < 1.29 is 18.6 Å². The monoisotopic (exact) mass is 488 g/mol. The Hall–Kier alpha value is -4.44. The molecule has 4 nitrogen and oxygen atoms in total. The summed E-state index contributed by atoms with van der Waals surface area (Å²) in [6.45, 7) is 4.86. The zero-order chi connectivity index (χ0) is 25.3. The van der Waals surface area contributed by atoms with E-state index in [0.717, 1.165) is 41.3 Å². The second-order valence-electron chi connectivity index (χ2n) is 9.04. The molecule has 0 bridgehead atoms. The fourth-order valence-electron chi connectivity index (χ4n) is 4.20. The lowest BCUT2D eigenvalue weighted by molar-refractivity contribution is -0.693. The summed E-state index contributed by atoms with van der Waals surface area (Å²) >= 11 is 0. The largest absolute Gasteiger partial charge is 0.489 e. The summed E-state index contributed by atoms with van der Waals surface area (Å²) in [5.74, 6) is 1.60. The zero-order valence-corrected chi connectivity index (χ0v) is 21.2. The first-order valence-corrected chi connectivity index (χ1v) is 12.7. The van der Waals surface area contributed by atoms with E-state index in [4.69, 9.17) is 9.47 Å². The Morgan fingerprint density at radius 1 is 0.514 bits per heavy atom. The zero-order valence-electron chi connectivity index (χ0n) is 21.2. The summed E-state index contributed by atoms with van der Waals surface area (Å²) in [5, 5.41) is 0. The quantitative estimate of drug-likeness (QED) is 0.220. The predicted molar refractivity (Wildman–Crippen MR) is 145 cm³/mol. The van der Waals surface area contributed by atoms with E-state index < -0.39 is 0 Å². The number of pyridine rings is 2. The van der Waals surface area contributed by atoms with Crippen molar-refractivity contribution in [2.75, 3.05) is 0 Å². The van der Waals surface area contributed by atoms with Crippen molar-refractivity contribution in [3.63, 3.8) is 0 Å². The molecule has 5 rings (SSSR count). The minimum Gasteiger partial charge on any atom is -0.489 e. The van der Waals surface area contributed by atoms with E-state index in [9.17, 15) is 0 Å². The second kappa shape index (κ2) is 12.0. The Kier molecular flexibility index (Phi) is 7.87. The van der Waals surface area contributed by atoms with Crippen LogP contribution in [0.25, 0.3) is 11.1 Å². The van der Waals surface area contributed by atoms with Crippen molar-refractivity contribution in [3.8, 4) is 22.6 Å². The molecule has 5 aromatic rings. The first kappa shape index (κ1) is 24.3. The number of hydrogen-bond donors (Lipinski definition) is 0. The molecule has 4 heteroatoms. The first-order valence-electron chi connectivity index (χ1n) is 12.7. The molecule has 184 valence electrons. The summed E-state index contributed by atoms with van der Waals surface area (Å²) in [7, 11) is 0. The molecule has 0 radical (unpaired) electrons. The van der Waals surface area contributed by atoms with Crippen LogP contribution >= 0.6 is 0 Å². The van der Waals surface area contributed by atoms with E-state index >= 15 is 0 Å². The van der Waals surface area contributed by atoms with Crippen LogP contribution in [0.3, 0.4) is 0 Å². The Bertz CT molecular complexity index is 1340. The summed E-state index contributed by atoms with van der Waals surface area (Å²) in [6, 6.07) is 35.2. The SMILES string of the molecule is CC[n+]1ccc(-c2cc[n+](Cc3cc(OCc4ccccc4)cc(OCc4ccccc4)c3)cc2)cc1. The maximum absolute atomic E-state index is 6.17. The molecule has 2 aromatic heterocycles. The van der Waals surface area contributed by atoms with Crippen molar-refractivity contribution >= 4 is 0 Å². The van der Waals surface area contributed by atoms with Crippen LogP contribution in [-0.4, -0.2) is 0 Å². The van der Waals surface area contributed by atoms with Crippen molar-refractivity contribution in [1.82, 2.24) is 0 Å². The molecule has 0 fully saturated rings. The third kappa shape index (κ3) is 6.83. The molecule has 3 aromatic carbocycles. The minimum atomic E-state index is 0.513. The number of aryl methyl sites for hydroxylation is 1. The summed E-state index contributed by atoms with van der Waals surface area (Å²) in [4.78, 5) is 0. The molecular formula is C33H32N2O2+2. The van der Waals surface area contributed by atoms with Crippen molar-refractivity contribution in [1.29, 1.82) is 0 Å². The molecule has 0 aliphatic rings. The highest BCUT2D eigenvalue weighted by atomic mass is 16.5. The molecule has 0 saturated heterocycles. The second-order valence-corrected chi connectivity index (χ2v) is 9.04. The lowest BCUT2D eigenvalue weighted by Crippen LogP contribution is -2.33. The van der Waals surface area contributed by atoms with E-state index in [-0.39, 0.29) is 0 Å². The van der Waals surface area contributed by atoms with Gasteiger partial charge in [0, 0.05) is 35.9 Å². The highest BCUT2D eigenvalue weighted by Gasteiger charge is 2.10. The summed E-state index contributed by atoms with van der Waals surface area (Å²) in [6.07, 6.45) is 8.49. The highest BCUT2D eigenvalue weighted by Crippen LogP contribution is 2.25. The van der Waals surface area contributed by atoms with Gasteiger partial charge < -0.3 is 9.47 Å². The molecule has 0 saturated carbocycles. The fraction of sp³-hybridized carbons (Fsp3) is 0.152. The molecule has 0 N–H and O–H groups in total. The lowest BCUT2D eigenvalue weighted by Gasteiger charge is -2.12. The Morgan fingerprint density at radius 2 is 0.973 bits per heavy atom. The summed E-state index contributed by atoms with van der Waals surface area (Å²) in [5.41, 5.74) is 5.80. The molecule has 0 spiro atoms. The standard InChI is InChI=1S/C33H32N2O2/c1-2-34-17-13-30(14-18-34)31-15-19-35(20-16-31)24-29-21-32(36-25-27-9-5-3-6-10-27)23-33(22-29)37-26-28-11-7-4-8-12-28/h3-23H,2,24-26H2,1H3/q+2. The van der Waals surface area contributed by atoms with Crippen LogP contribution in [0.2, 0.25) is 0 Å². The third-order valence-corrected chi connectivity index (χ3v) is 6.28. The van der Waals surface area contributed by atoms with E-state index in [1.807, 2.05) is 42.5 Å². The molecule has 0 amide bonds. The van der Waals surface area contributed by atoms with E-state index in [1.54, 1.807) is 0 Å². The van der Waals surface area contributed by atoms with Gasteiger partial charge in [0.25, 0.3) is 0 Å². The van der Waals surface area contributed by atoms with Gasteiger partial charge in [0.1, 0.15) is 31.3 Å². The number of aromatic nitrogens is 2. The first-order chi connectivity index (χ1) is 18.2. The van der Waals surface area contributed by atoms with Gasteiger partial charge in [0.15, 0.2) is 31.3 Å². The van der Waals surface area contributed by atoms with Crippen LogP contribution in [0.5, 0.6) is 11.5 Å². The molecule has 0 aliphatic carbocycles. The average molecular weight is 489 g/mol. The number of hydrogen-bond acceptors (Lipinski definition) is 2. The van der Waals surface area contributed by atoms with Gasteiger partial charge in [-0.3, -0.25) is 0 Å². The Morgan fingerprint density at radius 3 is 1.43 bits per heavy atom. The smallest absolute Gasteiger partial charge is 0.174 e. The van der Waals surface area contributed by atoms with Crippen molar-refractivity contribution in [2.45, 2.75) is 33.2 Å². The fourth-order valence-corrected chi connectivity index (χ4v) is 4.20. The van der Waals surface area contributed by atoms with Crippen LogP contribution in [0.15, 0.2) is 128 Å². The van der Waals surface area contributed by atoms with E-state index in [2.05, 4.69) is 102 Å². The molecule has 0 unspecified atom stereocenters. The van der Waals surface area contributed by atoms with Gasteiger partial charge in [0.05, 0.1) is 0 Å². The lowest BCUT2D eigenvalue weighted by atomic mass is 10.1. The van der Waals surface area contributed by atoms with E-state index in [1.165, 1.54) is 11.1 Å². The minimum absolute atomic E-state index is 0.513. The van der Waals surface area contributed by atoms with Gasteiger partial charge in [-0.2, -0.15) is 0 Å². The van der Waals surface area contributed by atoms with Crippen molar-refractivity contribution in [3.05, 3.63) is 145 Å². The Balaban J connectivity index is 1.33. The third-order valence-electron chi connectivity index (χ3n) is 6.28. The molecule has 0 atom stereocenters. The average Bonchev–Trinajstić information content (AvgIpc) is 2.96. The van der Waals surface area contributed by atoms with E-state index in [0.29, 0.717) is 13.2 Å². The topological polar surface area (TPSA) is 26.2 Å². The highest BCUT2D eigenvalue weighted by molar-refractivity contribution is 5.61. The van der Waals surface area contributed by atoms with Gasteiger partial charge in [0.2, 0.25) is 0 Å². The van der Waals surface area contributed by atoms with Crippen LogP contribution in [0, 0.1) is 0 Å². The van der Waals surface area contributed by atoms with Gasteiger partial charge >= 0.3 is 0 Å². The van der Waals surface area contributed by atoms with Crippen LogP contribution in [0.1, 0.15) is 23.6 Å². The maximum atomic E-state index is 6.17. The number of nitrogens with zero attached hydrogens (tertiary/aromatic N) is 2. The van der Waals surface area contributed by atoms with Gasteiger partial charge in [-0.15, -0.1) is 0 Å². The normalized spacial score (nSPS) is 10.7. The molecule has 2 heterocycles. The van der Waals surface area contributed by atoms with Crippen LogP contribution in [0.4, 0.5) is 0 Å². The van der Waals surface area contributed by atoms with Crippen molar-refractivity contribution in [2.24, 2.45) is 0 Å². The molecular weight excluding hydrogens is 456 g/mol. The molecule has 37 heavy (non-hydrogen) atoms. The van der Waals surface area contributed by atoms with Gasteiger partial charge in [-0.1, -0.05) is 60.7 Å². The van der Waals surface area contributed by atoms with Crippen LogP contribution < -0.4 is 18.6 Å². The molecule has 0 aliphatic heterocycles. The van der Waals surface area contributed by atoms with Gasteiger partial charge in [-0.25, -0.2) is 9.13 Å². The predicted octanol–water partition coefficient (Wildman–Crippen LogP) is 6.15. The summed E-state index contributed by atoms with van der Waals surface area (Å²) < 4.78 is 16.7.